The highest BCUT2D eigenvalue weighted by molar-refractivity contribution is 4.96. The van der Waals surface area contributed by atoms with Crippen LogP contribution in [0.3, 0.4) is 0 Å². The van der Waals surface area contributed by atoms with Crippen LogP contribution in [-0.2, 0) is 0 Å². The lowest BCUT2D eigenvalue weighted by atomic mass is 10.1. The van der Waals surface area contributed by atoms with Crippen LogP contribution >= 0.6 is 0 Å². The molecule has 0 aromatic heterocycles. The van der Waals surface area contributed by atoms with Crippen molar-refractivity contribution < 1.29 is 0 Å². The molecule has 82 valence electrons. The number of rotatable bonds is 3. The molecule has 0 atom stereocenters. The normalized spacial score (nSPS) is 28.7. The average Bonchev–Trinajstić information content (AvgIpc) is 2.95. The zero-order valence-corrected chi connectivity index (χ0v) is 9.34. The Labute approximate surface area is 87.2 Å². The summed E-state index contributed by atoms with van der Waals surface area (Å²) in [6, 6.07) is 0. The Morgan fingerprint density at radius 2 is 1.93 bits per heavy atom. The zero-order valence-electron chi connectivity index (χ0n) is 9.34. The van der Waals surface area contributed by atoms with Crippen LogP contribution in [-0.4, -0.2) is 56.1 Å². The van der Waals surface area contributed by atoms with Crippen molar-refractivity contribution in [1.82, 2.24) is 9.80 Å². The van der Waals surface area contributed by atoms with Gasteiger partial charge in [-0.05, 0) is 51.4 Å². The summed E-state index contributed by atoms with van der Waals surface area (Å²) in [6.45, 7) is 7.12. The molecule has 3 nitrogen and oxygen atoms in total. The van der Waals surface area contributed by atoms with E-state index in [2.05, 4.69) is 16.8 Å². The SMILES string of the molecule is CN1CCCN(CC2(CN)CC2)CC1. The molecule has 1 saturated carbocycles. The molecular formula is C11H23N3. The molecule has 2 fully saturated rings. The van der Waals surface area contributed by atoms with Gasteiger partial charge in [-0.1, -0.05) is 0 Å². The molecule has 0 spiro atoms. The standard InChI is InChI=1S/C11H23N3/c1-13-5-2-6-14(8-7-13)10-11(9-12)3-4-11/h2-10,12H2,1H3. The predicted molar refractivity (Wildman–Crippen MR) is 59.3 cm³/mol. The fraction of sp³-hybridized carbons (Fsp3) is 1.00. The van der Waals surface area contributed by atoms with Crippen LogP contribution in [0.2, 0.25) is 0 Å². The van der Waals surface area contributed by atoms with Crippen molar-refractivity contribution >= 4 is 0 Å². The third-order valence-corrected chi connectivity index (χ3v) is 3.76. The van der Waals surface area contributed by atoms with Gasteiger partial charge >= 0.3 is 0 Å². The van der Waals surface area contributed by atoms with Crippen molar-refractivity contribution in [2.45, 2.75) is 19.3 Å². The molecule has 0 bridgehead atoms. The third kappa shape index (κ3) is 2.47. The Balaban J connectivity index is 1.80. The lowest BCUT2D eigenvalue weighted by molar-refractivity contribution is 0.227. The van der Waals surface area contributed by atoms with Crippen molar-refractivity contribution in [2.24, 2.45) is 11.1 Å². The molecule has 1 saturated heterocycles. The van der Waals surface area contributed by atoms with Gasteiger partial charge in [0, 0.05) is 19.6 Å². The molecule has 0 radical (unpaired) electrons. The summed E-state index contributed by atoms with van der Waals surface area (Å²) >= 11 is 0. The van der Waals surface area contributed by atoms with Gasteiger partial charge in [0.1, 0.15) is 0 Å². The van der Waals surface area contributed by atoms with E-state index in [1.807, 2.05) is 0 Å². The van der Waals surface area contributed by atoms with Crippen LogP contribution in [0.25, 0.3) is 0 Å². The van der Waals surface area contributed by atoms with Crippen molar-refractivity contribution in [3.05, 3.63) is 0 Å². The Bertz CT molecular complexity index is 189. The number of nitrogens with zero attached hydrogens (tertiary/aromatic N) is 2. The first-order valence-corrected chi connectivity index (χ1v) is 5.85. The molecule has 0 unspecified atom stereocenters. The fourth-order valence-electron chi connectivity index (χ4n) is 2.34. The van der Waals surface area contributed by atoms with Gasteiger partial charge in [-0.15, -0.1) is 0 Å². The van der Waals surface area contributed by atoms with E-state index in [0.717, 1.165) is 6.54 Å². The van der Waals surface area contributed by atoms with E-state index in [0.29, 0.717) is 5.41 Å². The Morgan fingerprint density at radius 3 is 2.57 bits per heavy atom. The second-order valence-electron chi connectivity index (χ2n) is 5.14. The van der Waals surface area contributed by atoms with E-state index in [1.165, 1.54) is 52.0 Å². The van der Waals surface area contributed by atoms with Crippen LogP contribution in [0.5, 0.6) is 0 Å². The van der Waals surface area contributed by atoms with Gasteiger partial charge in [0.2, 0.25) is 0 Å². The molecule has 1 aliphatic carbocycles. The average molecular weight is 197 g/mol. The summed E-state index contributed by atoms with van der Waals surface area (Å²) in [6.07, 6.45) is 4.03. The first kappa shape index (κ1) is 10.4. The molecule has 1 aliphatic heterocycles. The predicted octanol–water partition coefficient (Wildman–Crippen LogP) is 0.363. The third-order valence-electron chi connectivity index (χ3n) is 3.76. The van der Waals surface area contributed by atoms with Gasteiger partial charge in [0.15, 0.2) is 0 Å². The maximum absolute atomic E-state index is 5.82. The summed E-state index contributed by atoms with van der Waals surface area (Å²) in [5, 5.41) is 0. The van der Waals surface area contributed by atoms with Crippen LogP contribution in [0.1, 0.15) is 19.3 Å². The fourth-order valence-corrected chi connectivity index (χ4v) is 2.34. The van der Waals surface area contributed by atoms with E-state index in [4.69, 9.17) is 5.73 Å². The summed E-state index contributed by atoms with van der Waals surface area (Å²) < 4.78 is 0. The molecule has 0 aromatic carbocycles. The maximum atomic E-state index is 5.82. The van der Waals surface area contributed by atoms with Gasteiger partial charge in [-0.2, -0.15) is 0 Å². The van der Waals surface area contributed by atoms with Crippen molar-refractivity contribution in [1.29, 1.82) is 0 Å². The van der Waals surface area contributed by atoms with E-state index in [1.54, 1.807) is 0 Å². The minimum atomic E-state index is 0.517. The summed E-state index contributed by atoms with van der Waals surface area (Å²) in [7, 11) is 2.22. The van der Waals surface area contributed by atoms with Crippen LogP contribution < -0.4 is 5.73 Å². The molecule has 0 aromatic rings. The molecule has 2 N–H and O–H groups in total. The van der Waals surface area contributed by atoms with Gasteiger partial charge < -0.3 is 15.5 Å². The Kier molecular flexibility index (Phi) is 3.10. The number of hydrogen-bond acceptors (Lipinski definition) is 3. The minimum Gasteiger partial charge on any atom is -0.330 e. The van der Waals surface area contributed by atoms with Gasteiger partial charge in [0.05, 0.1) is 0 Å². The molecule has 3 heteroatoms. The zero-order chi connectivity index (χ0) is 10.0. The van der Waals surface area contributed by atoms with E-state index < -0.39 is 0 Å². The van der Waals surface area contributed by atoms with Crippen molar-refractivity contribution in [3.8, 4) is 0 Å². The highest BCUT2D eigenvalue weighted by atomic mass is 15.2. The first-order chi connectivity index (χ1) is 6.74. The monoisotopic (exact) mass is 197 g/mol. The van der Waals surface area contributed by atoms with Crippen LogP contribution in [0, 0.1) is 5.41 Å². The molecule has 0 amide bonds. The molecule has 14 heavy (non-hydrogen) atoms. The summed E-state index contributed by atoms with van der Waals surface area (Å²) in [5.74, 6) is 0. The summed E-state index contributed by atoms with van der Waals surface area (Å²) in [5.41, 5.74) is 6.33. The Hall–Kier alpha value is -0.120. The second-order valence-corrected chi connectivity index (χ2v) is 5.14. The number of likely N-dealkylation sites (N-methyl/N-ethyl adjacent to an activating group) is 1. The second kappa shape index (κ2) is 4.17. The first-order valence-electron chi connectivity index (χ1n) is 5.85. The molecular weight excluding hydrogens is 174 g/mol. The van der Waals surface area contributed by atoms with E-state index in [9.17, 15) is 0 Å². The van der Waals surface area contributed by atoms with Crippen LogP contribution in [0.15, 0.2) is 0 Å². The highest BCUT2D eigenvalue weighted by Gasteiger charge is 2.42. The van der Waals surface area contributed by atoms with Gasteiger partial charge in [0.25, 0.3) is 0 Å². The van der Waals surface area contributed by atoms with Crippen molar-refractivity contribution in [2.75, 3.05) is 46.3 Å². The topological polar surface area (TPSA) is 32.5 Å². The van der Waals surface area contributed by atoms with Crippen molar-refractivity contribution in [3.63, 3.8) is 0 Å². The lowest BCUT2D eigenvalue weighted by Gasteiger charge is -2.25. The lowest BCUT2D eigenvalue weighted by Crippen LogP contribution is -2.36. The number of nitrogens with two attached hydrogens (primary N) is 1. The van der Waals surface area contributed by atoms with E-state index in [-0.39, 0.29) is 0 Å². The van der Waals surface area contributed by atoms with E-state index >= 15 is 0 Å². The maximum Gasteiger partial charge on any atom is 0.0109 e. The smallest absolute Gasteiger partial charge is 0.0109 e. The molecule has 1 heterocycles. The highest BCUT2D eigenvalue weighted by Crippen LogP contribution is 2.45. The molecule has 2 aliphatic rings. The molecule has 2 rings (SSSR count). The number of hydrogen-bond donors (Lipinski definition) is 1. The quantitative estimate of drug-likeness (QED) is 0.709. The van der Waals surface area contributed by atoms with Gasteiger partial charge in [-0.25, -0.2) is 0 Å². The Morgan fingerprint density at radius 1 is 1.14 bits per heavy atom. The van der Waals surface area contributed by atoms with Gasteiger partial charge in [-0.3, -0.25) is 0 Å². The minimum absolute atomic E-state index is 0.517. The van der Waals surface area contributed by atoms with Crippen LogP contribution in [0.4, 0.5) is 0 Å². The summed E-state index contributed by atoms with van der Waals surface area (Å²) in [4.78, 5) is 5.05. The largest absolute Gasteiger partial charge is 0.330 e.